The van der Waals surface area contributed by atoms with E-state index in [-0.39, 0.29) is 18.2 Å². The maximum atomic E-state index is 11.9. The number of carboxylic acid groups (broad SMARTS) is 1. The number of nitrogens with zero attached hydrogens (tertiary/aromatic N) is 1. The minimum atomic E-state index is -0.995. The predicted molar refractivity (Wildman–Crippen MR) is 73.3 cm³/mol. The van der Waals surface area contributed by atoms with Crippen LogP contribution in [0.4, 0.5) is 0 Å². The second-order valence-electron chi connectivity index (χ2n) is 5.07. The van der Waals surface area contributed by atoms with Gasteiger partial charge in [0.15, 0.2) is 0 Å². The molecule has 0 aliphatic heterocycles. The summed E-state index contributed by atoms with van der Waals surface area (Å²) in [6, 6.07) is -0.836. The highest BCUT2D eigenvalue weighted by atomic mass is 16.5. The molecule has 1 rings (SSSR count). The smallest absolute Gasteiger partial charge is 0.326 e. The lowest BCUT2D eigenvalue weighted by atomic mass is 9.99. The number of carbonyl (C=O) groups excluding carboxylic acids is 1. The van der Waals surface area contributed by atoms with Gasteiger partial charge in [0.2, 0.25) is 5.91 Å². The van der Waals surface area contributed by atoms with E-state index in [4.69, 9.17) is 9.63 Å². The van der Waals surface area contributed by atoms with Crippen molar-refractivity contribution in [2.75, 3.05) is 0 Å². The molecule has 0 spiro atoms. The molecule has 0 aromatic carbocycles. The molecule has 20 heavy (non-hydrogen) atoms. The summed E-state index contributed by atoms with van der Waals surface area (Å²) in [5, 5.41) is 15.5. The number of nitrogens with one attached hydrogen (secondary N) is 1. The third-order valence-electron chi connectivity index (χ3n) is 3.58. The van der Waals surface area contributed by atoms with Gasteiger partial charge in [0.1, 0.15) is 11.8 Å². The normalized spacial score (nSPS) is 13.8. The van der Waals surface area contributed by atoms with E-state index in [9.17, 15) is 9.59 Å². The molecular formula is C14H22N2O4. The maximum absolute atomic E-state index is 11.9. The van der Waals surface area contributed by atoms with E-state index >= 15 is 0 Å². The zero-order chi connectivity index (χ0) is 15.3. The average molecular weight is 282 g/mol. The molecule has 1 unspecified atom stereocenters. The highest BCUT2D eigenvalue weighted by molar-refractivity contribution is 5.83. The molecule has 0 fully saturated rings. The zero-order valence-corrected chi connectivity index (χ0v) is 12.4. The van der Waals surface area contributed by atoms with Crippen molar-refractivity contribution >= 4 is 11.9 Å². The van der Waals surface area contributed by atoms with E-state index in [1.165, 1.54) is 0 Å². The average Bonchev–Trinajstić information content (AvgIpc) is 2.72. The SMILES string of the molecule is CCC(C)[C@H](NC(=O)CCc1c(C)noc1C)C(=O)O. The van der Waals surface area contributed by atoms with Gasteiger partial charge in [-0.25, -0.2) is 4.79 Å². The van der Waals surface area contributed by atoms with Crippen molar-refractivity contribution in [2.45, 2.75) is 53.0 Å². The number of aromatic nitrogens is 1. The second-order valence-corrected chi connectivity index (χ2v) is 5.07. The van der Waals surface area contributed by atoms with Gasteiger partial charge in [-0.3, -0.25) is 4.79 Å². The van der Waals surface area contributed by atoms with Crippen LogP contribution >= 0.6 is 0 Å². The molecule has 0 saturated heterocycles. The largest absolute Gasteiger partial charge is 0.480 e. The molecule has 2 atom stereocenters. The Morgan fingerprint density at radius 2 is 2.05 bits per heavy atom. The van der Waals surface area contributed by atoms with Crippen LogP contribution in [0.3, 0.4) is 0 Å². The first-order chi connectivity index (χ1) is 9.36. The molecule has 0 aliphatic rings. The third-order valence-corrected chi connectivity index (χ3v) is 3.58. The number of aryl methyl sites for hydroxylation is 2. The molecule has 2 N–H and O–H groups in total. The van der Waals surface area contributed by atoms with E-state index in [1.807, 2.05) is 20.8 Å². The number of rotatable bonds is 7. The molecule has 112 valence electrons. The molecule has 6 heteroatoms. The first-order valence-corrected chi connectivity index (χ1v) is 6.80. The highest BCUT2D eigenvalue weighted by Gasteiger charge is 2.25. The molecule has 6 nitrogen and oxygen atoms in total. The molecule has 1 aromatic heterocycles. The van der Waals surface area contributed by atoms with Gasteiger partial charge in [-0.05, 0) is 26.2 Å². The molecule has 0 bridgehead atoms. The van der Waals surface area contributed by atoms with Crippen LogP contribution in [0.2, 0.25) is 0 Å². The van der Waals surface area contributed by atoms with Gasteiger partial charge >= 0.3 is 5.97 Å². The van der Waals surface area contributed by atoms with Crippen LogP contribution in [0.1, 0.15) is 43.7 Å². The van der Waals surface area contributed by atoms with Crippen LogP contribution in [0.5, 0.6) is 0 Å². The van der Waals surface area contributed by atoms with Gasteiger partial charge in [0.05, 0.1) is 5.69 Å². The van der Waals surface area contributed by atoms with Crippen LogP contribution in [-0.4, -0.2) is 28.2 Å². The predicted octanol–water partition coefficient (Wildman–Crippen LogP) is 1.84. The molecule has 1 heterocycles. The van der Waals surface area contributed by atoms with E-state index < -0.39 is 12.0 Å². The fourth-order valence-electron chi connectivity index (χ4n) is 2.03. The lowest BCUT2D eigenvalue weighted by Gasteiger charge is -2.20. The zero-order valence-electron chi connectivity index (χ0n) is 12.4. The Hall–Kier alpha value is -1.85. The minimum Gasteiger partial charge on any atom is -0.480 e. The lowest BCUT2D eigenvalue weighted by Crippen LogP contribution is -2.45. The molecule has 0 radical (unpaired) electrons. The number of carboxylic acids is 1. The van der Waals surface area contributed by atoms with Crippen molar-refractivity contribution in [3.8, 4) is 0 Å². The number of aliphatic carboxylic acids is 1. The van der Waals surface area contributed by atoms with E-state index in [0.717, 1.165) is 11.3 Å². The van der Waals surface area contributed by atoms with Crippen LogP contribution in [0.15, 0.2) is 4.52 Å². The third kappa shape index (κ3) is 4.08. The summed E-state index contributed by atoms with van der Waals surface area (Å²) in [6.07, 6.45) is 1.42. The summed E-state index contributed by atoms with van der Waals surface area (Å²) in [5.41, 5.74) is 1.68. The Labute approximate surface area is 118 Å². The van der Waals surface area contributed by atoms with Gasteiger partial charge in [0.25, 0.3) is 0 Å². The van der Waals surface area contributed by atoms with Crippen LogP contribution in [0, 0.1) is 19.8 Å². The summed E-state index contributed by atoms with van der Waals surface area (Å²) < 4.78 is 5.03. The summed E-state index contributed by atoms with van der Waals surface area (Å²) in [5.74, 6) is -0.662. The van der Waals surface area contributed by atoms with Crippen LogP contribution < -0.4 is 5.32 Å². The Bertz CT molecular complexity index is 462. The Morgan fingerprint density at radius 3 is 2.50 bits per heavy atom. The van der Waals surface area contributed by atoms with E-state index in [2.05, 4.69) is 10.5 Å². The van der Waals surface area contributed by atoms with Crippen molar-refractivity contribution in [2.24, 2.45) is 5.92 Å². The Kier molecular flexibility index (Phi) is 5.73. The number of hydrogen-bond acceptors (Lipinski definition) is 4. The number of hydrogen-bond donors (Lipinski definition) is 2. The van der Waals surface area contributed by atoms with Crippen molar-refractivity contribution in [3.05, 3.63) is 17.0 Å². The van der Waals surface area contributed by atoms with Gasteiger partial charge in [0, 0.05) is 12.0 Å². The maximum Gasteiger partial charge on any atom is 0.326 e. The van der Waals surface area contributed by atoms with Gasteiger partial charge < -0.3 is 14.9 Å². The second kappa shape index (κ2) is 7.07. The minimum absolute atomic E-state index is 0.101. The quantitative estimate of drug-likeness (QED) is 0.796. The topological polar surface area (TPSA) is 92.4 Å². The Morgan fingerprint density at radius 1 is 1.40 bits per heavy atom. The van der Waals surface area contributed by atoms with Gasteiger partial charge in [-0.2, -0.15) is 0 Å². The van der Waals surface area contributed by atoms with Crippen LogP contribution in [-0.2, 0) is 16.0 Å². The summed E-state index contributed by atoms with van der Waals surface area (Å²) >= 11 is 0. The standard InChI is InChI=1S/C14H22N2O4/c1-5-8(2)13(14(18)19)15-12(17)7-6-11-9(3)16-20-10(11)4/h8,13H,5-7H2,1-4H3,(H,15,17)(H,18,19)/t8?,13-/m0/s1. The molecule has 1 aromatic rings. The fraction of sp³-hybridized carbons (Fsp3) is 0.643. The summed E-state index contributed by atoms with van der Waals surface area (Å²) in [4.78, 5) is 23.0. The van der Waals surface area contributed by atoms with Crippen molar-refractivity contribution < 1.29 is 19.2 Å². The van der Waals surface area contributed by atoms with Gasteiger partial charge in [-0.15, -0.1) is 0 Å². The van der Waals surface area contributed by atoms with Gasteiger partial charge in [-0.1, -0.05) is 25.4 Å². The fourth-order valence-corrected chi connectivity index (χ4v) is 2.03. The monoisotopic (exact) mass is 282 g/mol. The summed E-state index contributed by atoms with van der Waals surface area (Å²) in [7, 11) is 0. The van der Waals surface area contributed by atoms with Crippen molar-refractivity contribution in [3.63, 3.8) is 0 Å². The van der Waals surface area contributed by atoms with E-state index in [0.29, 0.717) is 18.6 Å². The molecule has 0 saturated carbocycles. The van der Waals surface area contributed by atoms with Crippen molar-refractivity contribution in [1.82, 2.24) is 10.5 Å². The van der Waals surface area contributed by atoms with Crippen LogP contribution in [0.25, 0.3) is 0 Å². The first kappa shape index (κ1) is 16.2. The van der Waals surface area contributed by atoms with E-state index in [1.54, 1.807) is 6.92 Å². The van der Waals surface area contributed by atoms with Crippen molar-refractivity contribution in [1.29, 1.82) is 0 Å². The molecular weight excluding hydrogens is 260 g/mol. The molecule has 0 aliphatic carbocycles. The lowest BCUT2D eigenvalue weighted by molar-refractivity contribution is -0.143. The summed E-state index contributed by atoms with van der Waals surface area (Å²) in [6.45, 7) is 7.33. The number of carbonyl (C=O) groups is 2. The highest BCUT2D eigenvalue weighted by Crippen LogP contribution is 2.14. The molecule has 1 amide bonds. The number of amides is 1. The first-order valence-electron chi connectivity index (χ1n) is 6.80. The Balaban J connectivity index is 2.57.